The Bertz CT molecular complexity index is 692. The van der Waals surface area contributed by atoms with E-state index in [1.807, 2.05) is 18.2 Å². The smallest absolute Gasteiger partial charge is 0.414 e. The lowest BCUT2D eigenvalue weighted by atomic mass is 10.2. The Balaban J connectivity index is 2.94. The van der Waals surface area contributed by atoms with Gasteiger partial charge in [0.2, 0.25) is 5.96 Å². The number of rotatable bonds is 2. The number of hydrogen-bond acceptors (Lipinski definition) is 5. The summed E-state index contributed by atoms with van der Waals surface area (Å²) in [6, 6.07) is 5.76. The zero-order valence-electron chi connectivity index (χ0n) is 16.3. The molecule has 0 spiro atoms. The number of carbonyl (C=O) groups is 2. The van der Waals surface area contributed by atoms with E-state index in [0.717, 1.165) is 13.6 Å². The first kappa shape index (κ1) is 23.7. The largest absolute Gasteiger partial charge is 0.444 e. The molecule has 2 amide bonds. The van der Waals surface area contributed by atoms with Gasteiger partial charge in [0.25, 0.3) is 0 Å². The minimum Gasteiger partial charge on any atom is -0.444 e. The number of benzene rings is 1. The molecular weight excluding hydrogens is 529 g/mol. The summed E-state index contributed by atoms with van der Waals surface area (Å²) in [5, 5.41) is 4.91. The number of halogens is 2. The van der Waals surface area contributed by atoms with Crippen LogP contribution in [0.15, 0.2) is 27.7 Å². The van der Waals surface area contributed by atoms with Crippen molar-refractivity contribution in [2.24, 2.45) is 4.99 Å². The molecule has 0 aliphatic rings. The highest BCUT2D eigenvalue weighted by Crippen LogP contribution is 2.19. The van der Waals surface area contributed by atoms with Gasteiger partial charge < -0.3 is 9.47 Å². The van der Waals surface area contributed by atoms with Crippen molar-refractivity contribution in [3.8, 4) is 0 Å². The van der Waals surface area contributed by atoms with E-state index >= 15 is 0 Å². The molecule has 0 unspecified atom stereocenters. The van der Waals surface area contributed by atoms with Crippen molar-refractivity contribution < 1.29 is 19.1 Å². The highest BCUT2D eigenvalue weighted by atomic mass is 127. The average Bonchev–Trinajstić information content (AvgIpc) is 2.41. The minimum absolute atomic E-state index is 0.0442. The summed E-state index contributed by atoms with van der Waals surface area (Å²) in [7, 11) is 0. The number of carbonyl (C=O) groups excluding carboxylic acids is 2. The van der Waals surface area contributed by atoms with Crippen molar-refractivity contribution in [3.63, 3.8) is 0 Å². The van der Waals surface area contributed by atoms with Gasteiger partial charge in [-0.25, -0.2) is 14.6 Å². The third-order valence-corrected chi connectivity index (χ3v) is 4.16. The van der Waals surface area contributed by atoms with E-state index < -0.39 is 23.4 Å². The second kappa shape index (κ2) is 9.72. The van der Waals surface area contributed by atoms with Crippen LogP contribution in [0.5, 0.6) is 0 Å². The van der Waals surface area contributed by atoms with Crippen molar-refractivity contribution in [1.82, 2.24) is 10.6 Å². The Hall–Kier alpha value is -1.36. The van der Waals surface area contributed by atoms with E-state index in [1.165, 1.54) is 0 Å². The van der Waals surface area contributed by atoms with Crippen LogP contribution in [0.3, 0.4) is 0 Å². The summed E-state index contributed by atoms with van der Waals surface area (Å²) in [6.45, 7) is 10.7. The lowest BCUT2D eigenvalue weighted by molar-refractivity contribution is 0.0545. The first-order valence-electron chi connectivity index (χ1n) is 8.23. The molecule has 0 saturated carbocycles. The summed E-state index contributed by atoms with van der Waals surface area (Å²) in [5.41, 5.74) is -0.419. The highest BCUT2D eigenvalue weighted by Gasteiger charge is 2.21. The summed E-state index contributed by atoms with van der Waals surface area (Å²) >= 11 is 5.61. The van der Waals surface area contributed by atoms with Crippen molar-refractivity contribution in [2.75, 3.05) is 0 Å². The van der Waals surface area contributed by atoms with Crippen LogP contribution in [-0.4, -0.2) is 29.3 Å². The number of aliphatic imine (C=N–C) groups is 1. The molecule has 1 aromatic carbocycles. The fourth-order valence-corrected chi connectivity index (χ4v) is 3.20. The zero-order valence-corrected chi connectivity index (χ0v) is 20.0. The number of nitrogens with one attached hydrogen (secondary N) is 2. The maximum absolute atomic E-state index is 12.0. The predicted octanol–water partition coefficient (Wildman–Crippen LogP) is 4.96. The van der Waals surface area contributed by atoms with Crippen molar-refractivity contribution in [3.05, 3.63) is 31.8 Å². The number of hydrogen-bond donors (Lipinski definition) is 2. The molecule has 0 bridgehead atoms. The van der Waals surface area contributed by atoms with Crippen LogP contribution >= 0.6 is 38.5 Å². The molecule has 0 aliphatic heterocycles. The molecule has 2 N–H and O–H groups in total. The number of alkyl carbamates (subject to hydrolysis) is 2. The molecule has 0 radical (unpaired) electrons. The van der Waals surface area contributed by atoms with Gasteiger partial charge in [-0.2, -0.15) is 0 Å². The van der Waals surface area contributed by atoms with Gasteiger partial charge in [-0.3, -0.25) is 10.6 Å². The molecular formula is C18H25BrIN3O4. The number of nitrogens with zero attached hydrogens (tertiary/aromatic N) is 1. The molecule has 27 heavy (non-hydrogen) atoms. The number of amides is 2. The van der Waals surface area contributed by atoms with Crippen LogP contribution in [-0.2, 0) is 16.0 Å². The Labute approximate surface area is 181 Å². The van der Waals surface area contributed by atoms with Gasteiger partial charge in [0.1, 0.15) is 11.2 Å². The van der Waals surface area contributed by atoms with E-state index in [0.29, 0.717) is 0 Å². The third kappa shape index (κ3) is 10.5. The first-order valence-corrected chi connectivity index (χ1v) is 10.1. The van der Waals surface area contributed by atoms with E-state index in [1.54, 1.807) is 41.5 Å². The molecule has 9 heteroatoms. The molecule has 1 aromatic rings. The van der Waals surface area contributed by atoms with E-state index in [4.69, 9.17) is 9.47 Å². The number of ether oxygens (including phenoxy) is 2. The van der Waals surface area contributed by atoms with E-state index in [-0.39, 0.29) is 12.5 Å². The highest BCUT2D eigenvalue weighted by molar-refractivity contribution is 14.1. The Morgan fingerprint density at radius 2 is 1.52 bits per heavy atom. The van der Waals surface area contributed by atoms with Crippen LogP contribution in [0.25, 0.3) is 0 Å². The summed E-state index contributed by atoms with van der Waals surface area (Å²) in [4.78, 5) is 28.4. The van der Waals surface area contributed by atoms with Crippen LogP contribution < -0.4 is 10.6 Å². The molecule has 0 atom stereocenters. The van der Waals surface area contributed by atoms with Crippen molar-refractivity contribution >= 4 is 56.7 Å². The quantitative estimate of drug-likeness (QED) is 0.308. The zero-order chi connectivity index (χ0) is 20.8. The molecule has 0 aromatic heterocycles. The fourth-order valence-electron chi connectivity index (χ4n) is 1.73. The van der Waals surface area contributed by atoms with Crippen molar-refractivity contribution in [2.45, 2.75) is 59.3 Å². The summed E-state index contributed by atoms with van der Waals surface area (Å²) < 4.78 is 12.4. The monoisotopic (exact) mass is 553 g/mol. The normalized spacial score (nSPS) is 11.4. The Kier molecular flexibility index (Phi) is 8.52. The SMILES string of the molecule is CC(C)(C)OC(=O)NC(=NCc1ccc(Br)cc1I)NC(=O)OC(C)(C)C. The van der Waals surface area contributed by atoms with Crippen LogP contribution in [0.2, 0.25) is 0 Å². The van der Waals surface area contributed by atoms with Gasteiger partial charge in [0.05, 0.1) is 6.54 Å². The lowest BCUT2D eigenvalue weighted by Crippen LogP contribution is -2.47. The van der Waals surface area contributed by atoms with Gasteiger partial charge in [-0.15, -0.1) is 0 Å². The van der Waals surface area contributed by atoms with Gasteiger partial charge >= 0.3 is 12.2 Å². The molecule has 150 valence electrons. The standard InChI is InChI=1S/C18H25BrIN3O4/c1-17(2,3)26-15(24)22-14(23-16(25)27-18(4,5)6)21-10-11-7-8-12(19)9-13(11)20/h7-9H,10H2,1-6H3,(H2,21,22,23,24,25). The molecule has 1 rings (SSSR count). The lowest BCUT2D eigenvalue weighted by Gasteiger charge is -2.22. The Morgan fingerprint density at radius 3 is 1.93 bits per heavy atom. The second-order valence-corrected chi connectivity index (χ2v) is 9.73. The van der Waals surface area contributed by atoms with Crippen LogP contribution in [0, 0.1) is 3.57 Å². The van der Waals surface area contributed by atoms with Gasteiger partial charge in [-0.1, -0.05) is 22.0 Å². The second-order valence-electron chi connectivity index (χ2n) is 7.65. The molecule has 0 fully saturated rings. The first-order chi connectivity index (χ1) is 12.2. The minimum atomic E-state index is -0.720. The maximum atomic E-state index is 12.0. The summed E-state index contributed by atoms with van der Waals surface area (Å²) in [5.74, 6) is -0.0442. The fraction of sp³-hybridized carbons (Fsp3) is 0.500. The van der Waals surface area contributed by atoms with Gasteiger partial charge in [0.15, 0.2) is 0 Å². The molecule has 0 heterocycles. The predicted molar refractivity (Wildman–Crippen MR) is 117 cm³/mol. The Morgan fingerprint density at radius 1 is 1.04 bits per heavy atom. The third-order valence-electron chi connectivity index (χ3n) is 2.66. The topological polar surface area (TPSA) is 89.0 Å². The van der Waals surface area contributed by atoms with E-state index in [9.17, 15) is 9.59 Å². The van der Waals surface area contributed by atoms with E-state index in [2.05, 4.69) is 54.1 Å². The van der Waals surface area contributed by atoms with Gasteiger partial charge in [-0.05, 0) is 81.8 Å². The molecule has 7 nitrogen and oxygen atoms in total. The number of guanidine groups is 1. The maximum Gasteiger partial charge on any atom is 0.414 e. The molecule has 0 saturated heterocycles. The van der Waals surface area contributed by atoms with Gasteiger partial charge in [0, 0.05) is 8.04 Å². The van der Waals surface area contributed by atoms with Crippen LogP contribution in [0.4, 0.5) is 9.59 Å². The summed E-state index contributed by atoms with van der Waals surface area (Å²) in [6.07, 6.45) is -1.44. The van der Waals surface area contributed by atoms with Crippen molar-refractivity contribution in [1.29, 1.82) is 0 Å². The van der Waals surface area contributed by atoms with Crippen LogP contribution in [0.1, 0.15) is 47.1 Å². The molecule has 0 aliphatic carbocycles. The average molecular weight is 554 g/mol.